The second-order valence-corrected chi connectivity index (χ2v) is 6.39. The Bertz CT molecular complexity index is 415. The third kappa shape index (κ3) is 3.60. The fourth-order valence-electron chi connectivity index (χ4n) is 3.47. The molecule has 0 radical (unpaired) electrons. The van der Waals surface area contributed by atoms with Crippen LogP contribution in [0, 0.1) is 5.92 Å². The lowest BCUT2D eigenvalue weighted by atomic mass is 9.86. The third-order valence-electron chi connectivity index (χ3n) is 4.78. The van der Waals surface area contributed by atoms with Crippen molar-refractivity contribution in [3.05, 3.63) is 0 Å². The second-order valence-electron chi connectivity index (χ2n) is 6.39. The van der Waals surface area contributed by atoms with Crippen molar-refractivity contribution in [2.75, 3.05) is 33.4 Å². The Morgan fingerprint density at radius 1 is 1.27 bits per heavy atom. The lowest BCUT2D eigenvalue weighted by Crippen LogP contribution is -2.59. The largest absolute Gasteiger partial charge is 0.466 e. The number of likely N-dealkylation sites (N-methyl/N-ethyl adjacent to an activating group) is 1. The highest BCUT2D eigenvalue weighted by Gasteiger charge is 2.42. The molecule has 0 saturated carbocycles. The van der Waals surface area contributed by atoms with Crippen LogP contribution in [0.15, 0.2) is 0 Å². The number of likely N-dealkylation sites (tertiary alicyclic amines) is 1. The summed E-state index contributed by atoms with van der Waals surface area (Å²) in [5.74, 6) is -0.427. The topological polar surface area (TPSA) is 59.1 Å². The summed E-state index contributed by atoms with van der Waals surface area (Å²) in [5, 5.41) is 0. The smallest absolute Gasteiger partial charge is 0.311 e. The zero-order valence-electron chi connectivity index (χ0n) is 14.1. The highest BCUT2D eigenvalue weighted by molar-refractivity contribution is 5.83. The lowest BCUT2D eigenvalue weighted by Gasteiger charge is -2.45. The van der Waals surface area contributed by atoms with Gasteiger partial charge in [0.1, 0.15) is 6.10 Å². The molecular weight excluding hydrogens is 284 g/mol. The summed E-state index contributed by atoms with van der Waals surface area (Å²) >= 11 is 0. The van der Waals surface area contributed by atoms with E-state index in [9.17, 15) is 9.59 Å². The van der Waals surface area contributed by atoms with Crippen molar-refractivity contribution in [1.82, 2.24) is 9.80 Å². The molecular formula is C16H28N2O4. The zero-order chi connectivity index (χ0) is 16.3. The molecule has 2 aliphatic heterocycles. The number of carbonyl (C=O) groups excluding carboxylic acids is 2. The predicted octanol–water partition coefficient (Wildman–Crippen LogP) is 0.896. The van der Waals surface area contributed by atoms with E-state index in [1.54, 1.807) is 0 Å². The minimum absolute atomic E-state index is 0.000508. The van der Waals surface area contributed by atoms with Crippen LogP contribution in [0.5, 0.6) is 0 Å². The fourth-order valence-corrected chi connectivity index (χ4v) is 3.47. The number of hydrogen-bond acceptors (Lipinski definition) is 5. The van der Waals surface area contributed by atoms with E-state index in [1.165, 1.54) is 0 Å². The van der Waals surface area contributed by atoms with Crippen LogP contribution in [0.1, 0.15) is 33.6 Å². The van der Waals surface area contributed by atoms with Gasteiger partial charge in [0.25, 0.3) is 5.91 Å². The first-order chi connectivity index (χ1) is 10.5. The Labute approximate surface area is 132 Å². The van der Waals surface area contributed by atoms with Gasteiger partial charge in [-0.15, -0.1) is 0 Å². The third-order valence-corrected chi connectivity index (χ3v) is 4.78. The first-order valence-corrected chi connectivity index (χ1v) is 8.24. The number of morpholine rings is 1. The summed E-state index contributed by atoms with van der Waals surface area (Å²) in [4.78, 5) is 28.9. The first-order valence-electron chi connectivity index (χ1n) is 8.24. The molecule has 2 rings (SSSR count). The van der Waals surface area contributed by atoms with Gasteiger partial charge in [0.05, 0.1) is 19.1 Å². The van der Waals surface area contributed by atoms with Crippen LogP contribution in [0.3, 0.4) is 0 Å². The van der Waals surface area contributed by atoms with Crippen LogP contribution in [-0.2, 0) is 19.1 Å². The number of piperidine rings is 1. The summed E-state index contributed by atoms with van der Waals surface area (Å²) in [6.45, 7) is 8.21. The molecule has 0 aromatic rings. The van der Waals surface area contributed by atoms with Gasteiger partial charge in [-0.1, -0.05) is 0 Å². The van der Waals surface area contributed by atoms with Gasteiger partial charge in [0, 0.05) is 25.2 Å². The molecule has 126 valence electrons. The molecule has 0 spiro atoms. The normalized spacial score (nSPS) is 33.5. The monoisotopic (exact) mass is 312 g/mol. The second kappa shape index (κ2) is 7.42. The van der Waals surface area contributed by atoms with Crippen LogP contribution in [0.2, 0.25) is 0 Å². The van der Waals surface area contributed by atoms with Gasteiger partial charge in [0.15, 0.2) is 0 Å². The van der Waals surface area contributed by atoms with Gasteiger partial charge in [-0.25, -0.2) is 0 Å². The van der Waals surface area contributed by atoms with E-state index in [4.69, 9.17) is 9.47 Å². The number of hydrogen-bond donors (Lipinski definition) is 0. The predicted molar refractivity (Wildman–Crippen MR) is 82.4 cm³/mol. The maximum atomic E-state index is 12.9. The SMILES string of the molecule is CCOC(=O)[C@@H]1CC[C@H](C)N(C(=O)C2CN(C)CCO2)[C@@H]1C. The van der Waals surface area contributed by atoms with Gasteiger partial charge in [-0.05, 0) is 40.7 Å². The van der Waals surface area contributed by atoms with Gasteiger partial charge in [-0.3, -0.25) is 9.59 Å². The molecule has 6 heteroatoms. The number of rotatable bonds is 3. The van der Waals surface area contributed by atoms with Crippen LogP contribution in [-0.4, -0.2) is 73.2 Å². The van der Waals surface area contributed by atoms with E-state index in [1.807, 2.05) is 32.7 Å². The van der Waals surface area contributed by atoms with Crippen molar-refractivity contribution in [2.24, 2.45) is 5.92 Å². The maximum Gasteiger partial charge on any atom is 0.311 e. The molecule has 0 aromatic heterocycles. The van der Waals surface area contributed by atoms with Crippen molar-refractivity contribution in [1.29, 1.82) is 0 Å². The molecule has 22 heavy (non-hydrogen) atoms. The summed E-state index contributed by atoms with van der Waals surface area (Å²) < 4.78 is 10.8. The summed E-state index contributed by atoms with van der Waals surface area (Å²) in [6, 6.07) is -0.0184. The van der Waals surface area contributed by atoms with E-state index >= 15 is 0 Å². The Morgan fingerprint density at radius 2 is 2.00 bits per heavy atom. The minimum Gasteiger partial charge on any atom is -0.466 e. The average molecular weight is 312 g/mol. The highest BCUT2D eigenvalue weighted by atomic mass is 16.5. The van der Waals surface area contributed by atoms with Crippen molar-refractivity contribution < 1.29 is 19.1 Å². The fraction of sp³-hybridized carbons (Fsp3) is 0.875. The van der Waals surface area contributed by atoms with E-state index < -0.39 is 6.10 Å². The number of amides is 1. The van der Waals surface area contributed by atoms with Crippen LogP contribution in [0.4, 0.5) is 0 Å². The molecule has 2 aliphatic rings. The molecule has 2 saturated heterocycles. The highest BCUT2D eigenvalue weighted by Crippen LogP contribution is 2.30. The quantitative estimate of drug-likeness (QED) is 0.725. The van der Waals surface area contributed by atoms with Crippen LogP contribution >= 0.6 is 0 Å². The molecule has 1 unspecified atom stereocenters. The molecule has 0 aliphatic carbocycles. The van der Waals surface area contributed by atoms with Crippen molar-refractivity contribution in [3.63, 3.8) is 0 Å². The molecule has 0 aromatic carbocycles. The minimum atomic E-state index is -0.426. The van der Waals surface area contributed by atoms with E-state index in [-0.39, 0.29) is 29.9 Å². The van der Waals surface area contributed by atoms with Gasteiger partial charge < -0.3 is 19.3 Å². The Morgan fingerprint density at radius 3 is 2.64 bits per heavy atom. The Balaban J connectivity index is 2.09. The molecule has 0 bridgehead atoms. The zero-order valence-corrected chi connectivity index (χ0v) is 14.1. The van der Waals surface area contributed by atoms with Crippen LogP contribution < -0.4 is 0 Å². The van der Waals surface area contributed by atoms with Crippen molar-refractivity contribution in [2.45, 2.75) is 51.8 Å². The first kappa shape index (κ1) is 17.2. The number of ether oxygens (including phenoxy) is 2. The molecule has 2 heterocycles. The molecule has 6 nitrogen and oxygen atoms in total. The van der Waals surface area contributed by atoms with Gasteiger partial charge >= 0.3 is 5.97 Å². The molecule has 2 fully saturated rings. The summed E-state index contributed by atoms with van der Waals surface area (Å²) in [7, 11) is 1.99. The lowest BCUT2D eigenvalue weighted by molar-refractivity contribution is -0.163. The van der Waals surface area contributed by atoms with E-state index in [0.29, 0.717) is 19.8 Å². The molecule has 0 N–H and O–H groups in total. The Kier molecular flexibility index (Phi) is 5.81. The number of carbonyl (C=O) groups is 2. The number of esters is 1. The van der Waals surface area contributed by atoms with Crippen LogP contribution in [0.25, 0.3) is 0 Å². The van der Waals surface area contributed by atoms with Gasteiger partial charge in [0.2, 0.25) is 0 Å². The summed E-state index contributed by atoms with van der Waals surface area (Å²) in [6.07, 6.45) is 1.17. The van der Waals surface area contributed by atoms with Crippen molar-refractivity contribution in [3.8, 4) is 0 Å². The molecule has 1 amide bonds. The van der Waals surface area contributed by atoms with E-state index in [2.05, 4.69) is 4.90 Å². The molecule has 4 atom stereocenters. The maximum absolute atomic E-state index is 12.9. The number of nitrogens with zero attached hydrogens (tertiary/aromatic N) is 2. The standard InChI is InChI=1S/C16H28N2O4/c1-5-21-16(20)13-7-6-11(2)18(12(13)3)15(19)14-10-17(4)8-9-22-14/h11-14H,5-10H2,1-4H3/t11-,12+,13+,14?/m0/s1. The Hall–Kier alpha value is -1.14. The van der Waals surface area contributed by atoms with Gasteiger partial charge in [-0.2, -0.15) is 0 Å². The van der Waals surface area contributed by atoms with Crippen molar-refractivity contribution >= 4 is 11.9 Å². The summed E-state index contributed by atoms with van der Waals surface area (Å²) in [5.41, 5.74) is 0. The van der Waals surface area contributed by atoms with E-state index in [0.717, 1.165) is 19.4 Å². The average Bonchev–Trinajstić information content (AvgIpc) is 2.47.